The summed E-state index contributed by atoms with van der Waals surface area (Å²) in [5, 5.41) is 3.90. The van der Waals surface area contributed by atoms with Crippen molar-refractivity contribution in [3.63, 3.8) is 0 Å². The molecule has 0 fully saturated rings. The minimum absolute atomic E-state index is 0. The number of benzene rings is 1. The molecule has 0 saturated heterocycles. The van der Waals surface area contributed by atoms with Crippen LogP contribution >= 0.6 is 39.9 Å². The summed E-state index contributed by atoms with van der Waals surface area (Å²) in [4.78, 5) is 2.26. The van der Waals surface area contributed by atoms with E-state index in [2.05, 4.69) is 39.3 Å². The van der Waals surface area contributed by atoms with E-state index in [9.17, 15) is 0 Å². The van der Waals surface area contributed by atoms with Gasteiger partial charge >= 0.3 is 0 Å². The van der Waals surface area contributed by atoms with Gasteiger partial charge in [-0.2, -0.15) is 0 Å². The van der Waals surface area contributed by atoms with E-state index >= 15 is 0 Å². The molecule has 0 aliphatic rings. The Hall–Kier alpha value is 0.200. The van der Waals surface area contributed by atoms with Gasteiger partial charge in [0, 0.05) is 24.1 Å². The standard InChI is InChI=1S/C11H16BrClN2.ClH/c1-14-5-6-15(2)8-9-3-4-10(12)11(13)7-9;/h3-4,7,14H,5-6,8H2,1-2H3;1H. The average Bonchev–Trinajstić information content (AvgIpc) is 2.20. The number of hydrogen-bond donors (Lipinski definition) is 1. The average molecular weight is 328 g/mol. The molecule has 0 amide bonds. The zero-order chi connectivity index (χ0) is 11.3. The molecule has 0 aromatic heterocycles. The highest BCUT2D eigenvalue weighted by atomic mass is 79.9. The van der Waals surface area contributed by atoms with Gasteiger partial charge in [-0.25, -0.2) is 0 Å². The minimum Gasteiger partial charge on any atom is -0.318 e. The Balaban J connectivity index is 0.00000225. The van der Waals surface area contributed by atoms with E-state index in [1.54, 1.807) is 0 Å². The fourth-order valence-corrected chi connectivity index (χ4v) is 1.78. The first-order valence-corrected chi connectivity index (χ1v) is 6.07. The molecule has 5 heteroatoms. The largest absolute Gasteiger partial charge is 0.318 e. The molecule has 0 unspecified atom stereocenters. The van der Waals surface area contributed by atoms with Gasteiger partial charge in [0.2, 0.25) is 0 Å². The molecule has 16 heavy (non-hydrogen) atoms. The van der Waals surface area contributed by atoms with Crippen molar-refractivity contribution in [3.05, 3.63) is 33.3 Å². The first-order chi connectivity index (χ1) is 7.13. The molecule has 92 valence electrons. The first kappa shape index (κ1) is 16.2. The Morgan fingerprint density at radius 2 is 2.12 bits per heavy atom. The van der Waals surface area contributed by atoms with Gasteiger partial charge in [-0.3, -0.25) is 0 Å². The Morgan fingerprint density at radius 3 is 2.69 bits per heavy atom. The Morgan fingerprint density at radius 1 is 1.44 bits per heavy atom. The van der Waals surface area contributed by atoms with Crippen LogP contribution in [0.25, 0.3) is 0 Å². The molecule has 0 aliphatic carbocycles. The van der Waals surface area contributed by atoms with Crippen LogP contribution in [-0.4, -0.2) is 32.1 Å². The third-order valence-electron chi connectivity index (χ3n) is 2.18. The lowest BCUT2D eigenvalue weighted by atomic mass is 10.2. The van der Waals surface area contributed by atoms with Crippen LogP contribution < -0.4 is 5.32 Å². The number of nitrogens with zero attached hydrogens (tertiary/aromatic N) is 1. The predicted molar refractivity (Wildman–Crippen MR) is 76.7 cm³/mol. The van der Waals surface area contributed by atoms with Gasteiger partial charge in [0.15, 0.2) is 0 Å². The molecular formula is C11H17BrCl2N2. The van der Waals surface area contributed by atoms with Crippen molar-refractivity contribution >= 4 is 39.9 Å². The smallest absolute Gasteiger partial charge is 0.0551 e. The lowest BCUT2D eigenvalue weighted by molar-refractivity contribution is 0.328. The second-order valence-electron chi connectivity index (χ2n) is 3.59. The van der Waals surface area contributed by atoms with E-state index in [0.717, 1.165) is 29.1 Å². The maximum absolute atomic E-state index is 6.02. The summed E-state index contributed by atoms with van der Waals surface area (Å²) in [6, 6.07) is 6.08. The second kappa shape index (κ2) is 8.31. The molecule has 1 rings (SSSR count). The molecule has 1 N–H and O–H groups in total. The van der Waals surface area contributed by atoms with Crippen molar-refractivity contribution in [1.82, 2.24) is 10.2 Å². The third-order valence-corrected chi connectivity index (χ3v) is 3.41. The molecule has 2 nitrogen and oxygen atoms in total. The van der Waals surface area contributed by atoms with Crippen LogP contribution in [-0.2, 0) is 6.54 Å². The van der Waals surface area contributed by atoms with Crippen molar-refractivity contribution in [1.29, 1.82) is 0 Å². The SMILES string of the molecule is CNCCN(C)Cc1ccc(Br)c(Cl)c1.Cl. The summed E-state index contributed by atoms with van der Waals surface area (Å²) in [6.07, 6.45) is 0. The van der Waals surface area contributed by atoms with Crippen molar-refractivity contribution in [2.24, 2.45) is 0 Å². The van der Waals surface area contributed by atoms with Gasteiger partial charge in [0.05, 0.1) is 5.02 Å². The predicted octanol–water partition coefficient (Wildman–Crippen LogP) is 3.18. The van der Waals surface area contributed by atoms with Gasteiger partial charge in [0.25, 0.3) is 0 Å². The van der Waals surface area contributed by atoms with E-state index in [0.29, 0.717) is 0 Å². The quantitative estimate of drug-likeness (QED) is 0.893. The number of halogens is 3. The molecule has 1 aromatic carbocycles. The fraction of sp³-hybridized carbons (Fsp3) is 0.455. The van der Waals surface area contributed by atoms with Crippen LogP contribution in [0.1, 0.15) is 5.56 Å². The highest BCUT2D eigenvalue weighted by molar-refractivity contribution is 9.10. The fourth-order valence-electron chi connectivity index (χ4n) is 1.33. The van der Waals surface area contributed by atoms with Crippen LogP contribution in [0.5, 0.6) is 0 Å². The second-order valence-corrected chi connectivity index (χ2v) is 4.85. The zero-order valence-corrected chi connectivity index (χ0v) is 12.6. The number of nitrogens with one attached hydrogen (secondary N) is 1. The summed E-state index contributed by atoms with van der Waals surface area (Å²) in [6.45, 7) is 2.96. The third kappa shape index (κ3) is 5.51. The number of hydrogen-bond acceptors (Lipinski definition) is 2. The molecule has 0 heterocycles. The monoisotopic (exact) mass is 326 g/mol. The van der Waals surface area contributed by atoms with Crippen LogP contribution in [0, 0.1) is 0 Å². The zero-order valence-electron chi connectivity index (χ0n) is 9.46. The molecule has 1 aromatic rings. The molecule has 0 atom stereocenters. The van der Waals surface area contributed by atoms with Crippen molar-refractivity contribution in [2.45, 2.75) is 6.54 Å². The maximum atomic E-state index is 6.02. The van der Waals surface area contributed by atoms with E-state index in [-0.39, 0.29) is 12.4 Å². The molecule has 0 saturated carbocycles. The number of rotatable bonds is 5. The lowest BCUT2D eigenvalue weighted by Crippen LogP contribution is -2.26. The molecule has 0 spiro atoms. The highest BCUT2D eigenvalue weighted by Gasteiger charge is 2.02. The normalized spacial score (nSPS) is 10.3. The van der Waals surface area contributed by atoms with Gasteiger partial charge in [-0.05, 0) is 47.7 Å². The van der Waals surface area contributed by atoms with Crippen molar-refractivity contribution in [3.8, 4) is 0 Å². The molecule has 0 bridgehead atoms. The van der Waals surface area contributed by atoms with Gasteiger partial charge in [-0.15, -0.1) is 12.4 Å². The summed E-state index contributed by atoms with van der Waals surface area (Å²) < 4.78 is 0.950. The number of likely N-dealkylation sites (N-methyl/N-ethyl adjacent to an activating group) is 2. The maximum Gasteiger partial charge on any atom is 0.0551 e. The summed E-state index contributed by atoms with van der Waals surface area (Å²) in [7, 11) is 4.07. The van der Waals surface area contributed by atoms with Crippen LogP contribution in [0.2, 0.25) is 5.02 Å². The first-order valence-electron chi connectivity index (χ1n) is 4.90. The Labute approximate surface area is 117 Å². The van der Waals surface area contributed by atoms with E-state index in [4.69, 9.17) is 11.6 Å². The van der Waals surface area contributed by atoms with Gasteiger partial charge in [0.1, 0.15) is 0 Å². The topological polar surface area (TPSA) is 15.3 Å². The van der Waals surface area contributed by atoms with Crippen molar-refractivity contribution < 1.29 is 0 Å². The summed E-state index contributed by atoms with van der Waals surface area (Å²) >= 11 is 9.41. The minimum atomic E-state index is 0. The molecular weight excluding hydrogens is 311 g/mol. The van der Waals surface area contributed by atoms with Gasteiger partial charge in [-0.1, -0.05) is 17.7 Å². The van der Waals surface area contributed by atoms with Crippen LogP contribution in [0.3, 0.4) is 0 Å². The summed E-state index contributed by atoms with van der Waals surface area (Å²) in [5.41, 5.74) is 1.24. The molecule has 0 radical (unpaired) electrons. The Bertz CT molecular complexity index is 321. The van der Waals surface area contributed by atoms with Crippen LogP contribution in [0.15, 0.2) is 22.7 Å². The van der Waals surface area contributed by atoms with Crippen LogP contribution in [0.4, 0.5) is 0 Å². The highest BCUT2D eigenvalue weighted by Crippen LogP contribution is 2.23. The van der Waals surface area contributed by atoms with E-state index in [1.165, 1.54) is 5.56 Å². The lowest BCUT2D eigenvalue weighted by Gasteiger charge is -2.16. The van der Waals surface area contributed by atoms with Gasteiger partial charge < -0.3 is 10.2 Å². The van der Waals surface area contributed by atoms with E-state index < -0.39 is 0 Å². The summed E-state index contributed by atoms with van der Waals surface area (Å²) in [5.74, 6) is 0. The molecule has 0 aliphatic heterocycles. The van der Waals surface area contributed by atoms with Crippen molar-refractivity contribution in [2.75, 3.05) is 27.2 Å². The van der Waals surface area contributed by atoms with E-state index in [1.807, 2.05) is 19.2 Å². The Kier molecular flexibility index (Phi) is 8.42.